The second-order valence-electron chi connectivity index (χ2n) is 3.60. The number of alkyl halides is 3. The smallest absolute Gasteiger partial charge is 0.292 e. The van der Waals surface area contributed by atoms with E-state index in [0.717, 1.165) is 6.42 Å². The lowest BCUT2D eigenvalue weighted by Gasteiger charge is -2.14. The zero-order valence-electron chi connectivity index (χ0n) is 7.53. The van der Waals surface area contributed by atoms with Gasteiger partial charge in [-0.05, 0) is 19.3 Å². The Labute approximate surface area is 75.4 Å². The first-order chi connectivity index (χ1) is 5.97. The average Bonchev–Trinajstić information content (AvgIpc) is 2.68. The van der Waals surface area contributed by atoms with Gasteiger partial charge in [-0.1, -0.05) is 12.8 Å². The van der Waals surface area contributed by atoms with Crippen LogP contribution in [0.25, 0.3) is 0 Å². The predicted octanol–water partition coefficient (Wildman–Crippen LogP) is 2.26. The predicted molar refractivity (Wildman–Crippen MR) is 41.9 cm³/mol. The van der Waals surface area contributed by atoms with E-state index >= 15 is 0 Å². The Morgan fingerprint density at radius 3 is 2.54 bits per heavy atom. The van der Waals surface area contributed by atoms with Gasteiger partial charge in [-0.25, -0.2) is 0 Å². The Balaban J connectivity index is 1.97. The number of hydrogen-bond acceptors (Lipinski definition) is 2. The third-order valence-corrected chi connectivity index (χ3v) is 1.90. The van der Waals surface area contributed by atoms with Gasteiger partial charge in [0, 0.05) is 6.04 Å². The maximum Gasteiger partial charge on any atom is 0.413 e. The van der Waals surface area contributed by atoms with Gasteiger partial charge in [0.15, 0.2) is 6.61 Å². The molecule has 1 atom stereocenters. The summed E-state index contributed by atoms with van der Waals surface area (Å²) in [7, 11) is 0. The topological polar surface area (TPSA) is 21.3 Å². The summed E-state index contributed by atoms with van der Waals surface area (Å²) in [6, 6.07) is 0.00912. The second-order valence-corrected chi connectivity index (χ2v) is 3.60. The van der Waals surface area contributed by atoms with E-state index in [-0.39, 0.29) is 6.04 Å². The van der Waals surface area contributed by atoms with Crippen molar-refractivity contribution in [2.24, 2.45) is 5.92 Å². The van der Waals surface area contributed by atoms with Gasteiger partial charge in [0.2, 0.25) is 0 Å². The highest BCUT2D eigenvalue weighted by Gasteiger charge is 2.28. The van der Waals surface area contributed by atoms with Gasteiger partial charge in [0.05, 0.1) is 0 Å². The highest BCUT2D eigenvalue weighted by atomic mass is 19.4. The van der Waals surface area contributed by atoms with E-state index < -0.39 is 12.8 Å². The Bertz CT molecular complexity index is 156. The van der Waals surface area contributed by atoms with Gasteiger partial charge in [0.1, 0.15) is 0 Å². The van der Waals surface area contributed by atoms with Crippen LogP contribution in [0.5, 0.6) is 0 Å². The van der Waals surface area contributed by atoms with Gasteiger partial charge in [0.25, 0.3) is 0 Å². The van der Waals surface area contributed by atoms with E-state index in [4.69, 9.17) is 0 Å². The number of hydroxylamine groups is 1. The quantitative estimate of drug-likeness (QED) is 0.682. The summed E-state index contributed by atoms with van der Waals surface area (Å²) in [6.45, 7) is 0.608. The van der Waals surface area contributed by atoms with Crippen LogP contribution in [0.2, 0.25) is 0 Å². The molecule has 0 bridgehead atoms. The lowest BCUT2D eigenvalue weighted by molar-refractivity contribution is -0.192. The molecule has 13 heavy (non-hydrogen) atoms. The molecule has 5 heteroatoms. The van der Waals surface area contributed by atoms with Crippen molar-refractivity contribution in [2.45, 2.75) is 38.4 Å². The van der Waals surface area contributed by atoms with Crippen LogP contribution in [-0.4, -0.2) is 18.8 Å². The molecular weight excluding hydrogens is 183 g/mol. The highest BCUT2D eigenvalue weighted by molar-refractivity contribution is 4.76. The molecule has 1 fully saturated rings. The molecule has 2 nitrogen and oxygen atoms in total. The fourth-order valence-corrected chi connectivity index (χ4v) is 1.17. The SMILES string of the molecule is CC(CC1CC1)NOCC(F)(F)F. The number of nitrogens with one attached hydrogen (secondary N) is 1. The van der Waals surface area contributed by atoms with E-state index in [1.165, 1.54) is 12.8 Å². The summed E-state index contributed by atoms with van der Waals surface area (Å²) in [5.74, 6) is 0.692. The summed E-state index contributed by atoms with van der Waals surface area (Å²) in [5.41, 5.74) is 2.39. The van der Waals surface area contributed by atoms with Crippen molar-refractivity contribution in [3.8, 4) is 0 Å². The molecule has 1 N–H and O–H groups in total. The van der Waals surface area contributed by atoms with E-state index in [1.807, 2.05) is 6.92 Å². The average molecular weight is 197 g/mol. The van der Waals surface area contributed by atoms with E-state index in [9.17, 15) is 13.2 Å². The summed E-state index contributed by atoms with van der Waals surface area (Å²) in [5, 5.41) is 0. The fraction of sp³-hybridized carbons (Fsp3) is 1.00. The molecule has 1 aliphatic rings. The molecule has 0 spiro atoms. The Morgan fingerprint density at radius 1 is 1.46 bits per heavy atom. The minimum Gasteiger partial charge on any atom is -0.292 e. The monoisotopic (exact) mass is 197 g/mol. The molecular formula is C8H14F3NO. The van der Waals surface area contributed by atoms with Crippen molar-refractivity contribution in [3.63, 3.8) is 0 Å². The van der Waals surface area contributed by atoms with Crippen LogP contribution in [0.1, 0.15) is 26.2 Å². The van der Waals surface area contributed by atoms with Gasteiger partial charge >= 0.3 is 6.18 Å². The number of hydrogen-bond donors (Lipinski definition) is 1. The minimum atomic E-state index is -4.24. The van der Waals surface area contributed by atoms with Crippen LogP contribution < -0.4 is 5.48 Å². The Kier molecular flexibility index (Phi) is 3.55. The molecule has 0 saturated heterocycles. The molecule has 0 heterocycles. The molecule has 1 aliphatic carbocycles. The third-order valence-electron chi connectivity index (χ3n) is 1.90. The highest BCUT2D eigenvalue weighted by Crippen LogP contribution is 2.33. The molecule has 1 saturated carbocycles. The van der Waals surface area contributed by atoms with E-state index in [1.54, 1.807) is 0 Å². The summed E-state index contributed by atoms with van der Waals surface area (Å²) in [6.07, 6.45) is -0.944. The van der Waals surface area contributed by atoms with Crippen molar-refractivity contribution in [3.05, 3.63) is 0 Å². The van der Waals surface area contributed by atoms with Crippen LogP contribution in [0.4, 0.5) is 13.2 Å². The first-order valence-corrected chi connectivity index (χ1v) is 4.41. The van der Waals surface area contributed by atoms with Gasteiger partial charge in [-0.2, -0.15) is 18.7 Å². The largest absolute Gasteiger partial charge is 0.413 e. The molecule has 0 aromatic rings. The fourth-order valence-electron chi connectivity index (χ4n) is 1.17. The van der Waals surface area contributed by atoms with Gasteiger partial charge in [-0.15, -0.1) is 0 Å². The summed E-state index contributed by atoms with van der Waals surface area (Å²) < 4.78 is 34.8. The minimum absolute atomic E-state index is 0.00912. The molecule has 1 unspecified atom stereocenters. The molecule has 0 amide bonds. The molecule has 78 valence electrons. The molecule has 1 rings (SSSR count). The first-order valence-electron chi connectivity index (χ1n) is 4.41. The molecule has 0 radical (unpaired) electrons. The van der Waals surface area contributed by atoms with Crippen molar-refractivity contribution in [1.29, 1.82) is 0 Å². The number of halogens is 3. The summed E-state index contributed by atoms with van der Waals surface area (Å²) in [4.78, 5) is 4.31. The Hall–Kier alpha value is -0.290. The lowest BCUT2D eigenvalue weighted by Crippen LogP contribution is -2.31. The van der Waals surface area contributed by atoms with E-state index in [2.05, 4.69) is 10.3 Å². The van der Waals surface area contributed by atoms with E-state index in [0.29, 0.717) is 5.92 Å². The Morgan fingerprint density at radius 2 is 2.08 bits per heavy atom. The van der Waals surface area contributed by atoms with Crippen LogP contribution >= 0.6 is 0 Å². The zero-order chi connectivity index (χ0) is 9.90. The standard InChI is InChI=1S/C8H14F3NO/c1-6(4-7-2-3-7)12-13-5-8(9,10)11/h6-7,12H,2-5H2,1H3. The van der Waals surface area contributed by atoms with Crippen LogP contribution in [0.15, 0.2) is 0 Å². The van der Waals surface area contributed by atoms with Crippen LogP contribution in [-0.2, 0) is 4.84 Å². The van der Waals surface area contributed by atoms with Crippen LogP contribution in [0.3, 0.4) is 0 Å². The van der Waals surface area contributed by atoms with Gasteiger partial charge < -0.3 is 0 Å². The van der Waals surface area contributed by atoms with Crippen molar-refractivity contribution < 1.29 is 18.0 Å². The van der Waals surface area contributed by atoms with Crippen molar-refractivity contribution >= 4 is 0 Å². The van der Waals surface area contributed by atoms with Crippen molar-refractivity contribution in [2.75, 3.05) is 6.61 Å². The molecule has 0 aromatic heterocycles. The maximum absolute atomic E-state index is 11.6. The third kappa shape index (κ3) is 5.87. The molecule has 0 aromatic carbocycles. The lowest BCUT2D eigenvalue weighted by atomic mass is 10.2. The van der Waals surface area contributed by atoms with Crippen LogP contribution in [0, 0.1) is 5.92 Å². The number of rotatable bonds is 5. The zero-order valence-corrected chi connectivity index (χ0v) is 7.53. The molecule has 0 aliphatic heterocycles. The van der Waals surface area contributed by atoms with Gasteiger partial charge in [-0.3, -0.25) is 4.84 Å². The van der Waals surface area contributed by atoms with Crippen molar-refractivity contribution in [1.82, 2.24) is 5.48 Å². The summed E-state index contributed by atoms with van der Waals surface area (Å²) >= 11 is 0. The first kappa shape index (κ1) is 10.8. The maximum atomic E-state index is 11.6. The normalized spacial score (nSPS) is 20.3. The second kappa shape index (κ2) is 4.28.